The lowest BCUT2D eigenvalue weighted by Crippen LogP contribution is -2.36. The number of morpholine rings is 1. The van der Waals surface area contributed by atoms with E-state index in [9.17, 15) is 14.0 Å². The zero-order valence-corrected chi connectivity index (χ0v) is 15.5. The van der Waals surface area contributed by atoms with Gasteiger partial charge in [-0.15, -0.1) is 11.3 Å². The fraction of sp³-hybridized carbons (Fsp3) is 0.211. The number of hydrogen-bond acceptors (Lipinski definition) is 7. The molecule has 0 radical (unpaired) electrons. The molecule has 28 heavy (non-hydrogen) atoms. The van der Waals surface area contributed by atoms with E-state index in [0.717, 1.165) is 23.5 Å². The van der Waals surface area contributed by atoms with Crippen LogP contribution in [-0.4, -0.2) is 37.9 Å². The van der Waals surface area contributed by atoms with Gasteiger partial charge in [0.1, 0.15) is 10.5 Å². The van der Waals surface area contributed by atoms with Crippen LogP contribution < -0.4 is 16.1 Å². The second kappa shape index (κ2) is 7.17. The van der Waals surface area contributed by atoms with Crippen molar-refractivity contribution >= 4 is 39.1 Å². The third kappa shape index (κ3) is 3.19. The molecule has 1 amide bonds. The van der Waals surface area contributed by atoms with E-state index in [2.05, 4.69) is 0 Å². The van der Waals surface area contributed by atoms with Crippen molar-refractivity contribution in [2.75, 3.05) is 31.2 Å². The predicted octanol–water partition coefficient (Wildman–Crippen LogP) is 2.35. The highest BCUT2D eigenvalue weighted by molar-refractivity contribution is 7.17. The number of nitrogens with zero attached hydrogens (tertiary/aromatic N) is 1. The van der Waals surface area contributed by atoms with Crippen molar-refractivity contribution in [2.24, 2.45) is 5.73 Å². The molecule has 3 aromatic rings. The number of carbonyl (C=O) groups excluding carboxylic acids is 1. The smallest absolute Gasteiger partial charge is 0.249 e. The van der Waals surface area contributed by atoms with Crippen LogP contribution in [-0.2, 0) is 4.74 Å². The van der Waals surface area contributed by atoms with Crippen LogP contribution in [0.4, 0.5) is 10.3 Å². The number of fused-ring (bicyclic) bond motifs is 1. The van der Waals surface area contributed by atoms with Crippen molar-refractivity contribution in [1.29, 1.82) is 5.41 Å². The van der Waals surface area contributed by atoms with Gasteiger partial charge in [0.25, 0.3) is 0 Å². The van der Waals surface area contributed by atoms with Crippen LogP contribution in [0.5, 0.6) is 0 Å². The van der Waals surface area contributed by atoms with Crippen molar-refractivity contribution in [2.45, 2.75) is 0 Å². The first kappa shape index (κ1) is 18.3. The summed E-state index contributed by atoms with van der Waals surface area (Å²) in [7, 11) is 0. The number of benzene rings is 1. The normalized spacial score (nSPS) is 14.4. The molecule has 1 aromatic carbocycles. The van der Waals surface area contributed by atoms with E-state index in [0.29, 0.717) is 42.5 Å². The summed E-state index contributed by atoms with van der Waals surface area (Å²) < 4.78 is 25.4. The van der Waals surface area contributed by atoms with Crippen molar-refractivity contribution in [1.82, 2.24) is 0 Å². The molecule has 1 saturated heterocycles. The number of ether oxygens (including phenoxy) is 1. The Kier molecular flexibility index (Phi) is 4.70. The second-order valence-electron chi connectivity index (χ2n) is 6.29. The molecule has 0 spiro atoms. The van der Waals surface area contributed by atoms with Crippen LogP contribution in [0.1, 0.15) is 21.5 Å². The standard InChI is InChI=1S/C19H16FN3O4S/c20-10-1-2-11(19(22)25)12(7-10)16(21)13-9-28-18-14(24)8-15(27-17(13)18)23-3-5-26-6-4-23/h1-2,7-9,21H,3-6H2,(H2,22,25). The molecule has 0 atom stereocenters. The first-order chi connectivity index (χ1) is 13.5. The number of amides is 1. The molecular weight excluding hydrogens is 385 g/mol. The third-order valence-corrected chi connectivity index (χ3v) is 5.51. The third-order valence-electron chi connectivity index (χ3n) is 4.54. The number of nitrogens with two attached hydrogens (primary N) is 1. The highest BCUT2D eigenvalue weighted by Crippen LogP contribution is 2.30. The van der Waals surface area contributed by atoms with Gasteiger partial charge in [0.05, 0.1) is 24.5 Å². The van der Waals surface area contributed by atoms with Crippen LogP contribution in [0.25, 0.3) is 10.3 Å². The number of hydrogen-bond donors (Lipinski definition) is 2. The monoisotopic (exact) mass is 401 g/mol. The zero-order chi connectivity index (χ0) is 19.8. The molecule has 4 rings (SSSR count). The summed E-state index contributed by atoms with van der Waals surface area (Å²) in [5.41, 5.74) is 5.63. The number of halogens is 1. The number of primary amides is 1. The largest absolute Gasteiger partial charge is 0.439 e. The Morgan fingerprint density at radius 2 is 1.93 bits per heavy atom. The van der Waals surface area contributed by atoms with E-state index in [1.54, 1.807) is 5.38 Å². The molecular formula is C19H16FN3O4S. The van der Waals surface area contributed by atoms with Gasteiger partial charge in [-0.2, -0.15) is 0 Å². The molecule has 3 N–H and O–H groups in total. The fourth-order valence-corrected chi connectivity index (χ4v) is 4.02. The molecule has 0 aliphatic carbocycles. The highest BCUT2D eigenvalue weighted by atomic mass is 32.1. The molecule has 1 fully saturated rings. The summed E-state index contributed by atoms with van der Waals surface area (Å²) in [6, 6.07) is 4.86. The Hall–Kier alpha value is -3.04. The molecule has 144 valence electrons. The topological polar surface area (TPSA) is 110 Å². The van der Waals surface area contributed by atoms with Crippen LogP contribution in [0.3, 0.4) is 0 Å². The lowest BCUT2D eigenvalue weighted by Gasteiger charge is -2.27. The summed E-state index contributed by atoms with van der Waals surface area (Å²) >= 11 is 1.14. The van der Waals surface area contributed by atoms with Gasteiger partial charge in [0, 0.05) is 35.7 Å². The molecule has 0 saturated carbocycles. The SMILES string of the molecule is N=C(c1cc(F)ccc1C(N)=O)c1csc2c(=O)cc(N3CCOCC3)oc12. The Morgan fingerprint density at radius 3 is 2.64 bits per heavy atom. The van der Waals surface area contributed by atoms with Crippen molar-refractivity contribution < 1.29 is 18.3 Å². The summed E-state index contributed by atoms with van der Waals surface area (Å²) in [4.78, 5) is 26.1. The number of rotatable bonds is 4. The molecule has 9 heteroatoms. The van der Waals surface area contributed by atoms with Crippen molar-refractivity contribution in [3.8, 4) is 0 Å². The first-order valence-corrected chi connectivity index (χ1v) is 9.40. The Labute approximate surface area is 162 Å². The van der Waals surface area contributed by atoms with Gasteiger partial charge in [-0.1, -0.05) is 0 Å². The average molecular weight is 401 g/mol. The molecule has 1 aliphatic heterocycles. The second-order valence-corrected chi connectivity index (χ2v) is 7.16. The lowest BCUT2D eigenvalue weighted by atomic mass is 9.98. The van der Waals surface area contributed by atoms with Crippen LogP contribution in [0, 0.1) is 11.2 Å². The average Bonchev–Trinajstić information content (AvgIpc) is 3.12. The van der Waals surface area contributed by atoms with E-state index >= 15 is 0 Å². The maximum Gasteiger partial charge on any atom is 0.249 e. The van der Waals surface area contributed by atoms with Crippen molar-refractivity contribution in [3.63, 3.8) is 0 Å². The number of thiophene rings is 1. The van der Waals surface area contributed by atoms with Gasteiger partial charge in [0.2, 0.25) is 11.3 Å². The van der Waals surface area contributed by atoms with E-state index in [-0.39, 0.29) is 27.9 Å². The van der Waals surface area contributed by atoms with E-state index in [4.69, 9.17) is 20.3 Å². The minimum Gasteiger partial charge on any atom is -0.439 e. The van der Waals surface area contributed by atoms with Gasteiger partial charge in [-0.25, -0.2) is 4.39 Å². The molecule has 2 aromatic heterocycles. The van der Waals surface area contributed by atoms with Gasteiger partial charge in [0.15, 0.2) is 11.5 Å². The summed E-state index contributed by atoms with van der Waals surface area (Å²) in [5.74, 6) is -0.975. The summed E-state index contributed by atoms with van der Waals surface area (Å²) in [6.45, 7) is 2.22. The molecule has 7 nitrogen and oxygen atoms in total. The zero-order valence-electron chi connectivity index (χ0n) is 14.7. The Balaban J connectivity index is 1.84. The van der Waals surface area contributed by atoms with Gasteiger partial charge >= 0.3 is 0 Å². The van der Waals surface area contributed by atoms with E-state index in [1.807, 2.05) is 4.90 Å². The first-order valence-electron chi connectivity index (χ1n) is 8.52. The van der Waals surface area contributed by atoms with Crippen LogP contribution in [0.2, 0.25) is 0 Å². The highest BCUT2D eigenvalue weighted by Gasteiger charge is 2.22. The number of nitrogens with one attached hydrogen (secondary N) is 1. The quantitative estimate of drug-likeness (QED) is 0.652. The van der Waals surface area contributed by atoms with E-state index < -0.39 is 11.7 Å². The lowest BCUT2D eigenvalue weighted by molar-refractivity contribution is 0.1000. The van der Waals surface area contributed by atoms with Crippen LogP contribution in [0.15, 0.2) is 38.9 Å². The summed E-state index contributed by atoms with van der Waals surface area (Å²) in [6.07, 6.45) is 0. The summed E-state index contributed by atoms with van der Waals surface area (Å²) in [5, 5.41) is 10.1. The van der Waals surface area contributed by atoms with Crippen LogP contribution >= 0.6 is 11.3 Å². The minimum atomic E-state index is -0.769. The molecule has 3 heterocycles. The maximum absolute atomic E-state index is 13.8. The maximum atomic E-state index is 13.8. The minimum absolute atomic E-state index is 0.0254. The fourth-order valence-electron chi connectivity index (χ4n) is 3.13. The van der Waals surface area contributed by atoms with Crippen molar-refractivity contribution in [3.05, 3.63) is 62.4 Å². The Morgan fingerprint density at radius 1 is 1.18 bits per heavy atom. The molecule has 0 bridgehead atoms. The molecule has 1 aliphatic rings. The van der Waals surface area contributed by atoms with E-state index in [1.165, 1.54) is 12.1 Å². The number of carbonyl (C=O) groups is 1. The Bertz CT molecular complexity index is 1150. The number of anilines is 1. The van der Waals surface area contributed by atoms with Gasteiger partial charge < -0.3 is 19.8 Å². The molecule has 0 unspecified atom stereocenters. The predicted molar refractivity (Wildman–Crippen MR) is 104 cm³/mol. The van der Waals surface area contributed by atoms with Gasteiger partial charge in [-0.3, -0.25) is 15.0 Å². The van der Waals surface area contributed by atoms with Gasteiger partial charge in [-0.05, 0) is 18.2 Å².